The molecule has 0 aliphatic carbocycles. The third-order valence-corrected chi connectivity index (χ3v) is 4.10. The minimum atomic E-state index is -0.585. The molecule has 0 saturated carbocycles. The van der Waals surface area contributed by atoms with Crippen molar-refractivity contribution in [1.82, 2.24) is 20.2 Å². The summed E-state index contributed by atoms with van der Waals surface area (Å²) >= 11 is 0. The minimum absolute atomic E-state index is 0.184. The topological polar surface area (TPSA) is 97.6 Å². The van der Waals surface area contributed by atoms with Crippen molar-refractivity contribution in [2.45, 2.75) is 6.92 Å². The molecule has 3 N–H and O–H groups in total. The average molecular weight is 329 g/mol. The molecule has 0 aliphatic rings. The van der Waals surface area contributed by atoms with Gasteiger partial charge in [-0.2, -0.15) is 5.10 Å². The summed E-state index contributed by atoms with van der Waals surface area (Å²) in [6, 6.07) is 15.1. The molecule has 0 spiro atoms. The first-order valence-electron chi connectivity index (χ1n) is 7.81. The maximum atomic E-state index is 11.8. The van der Waals surface area contributed by atoms with Crippen LogP contribution in [0.15, 0.2) is 54.7 Å². The highest BCUT2D eigenvalue weighted by Crippen LogP contribution is 2.31. The molecule has 0 aliphatic heterocycles. The number of carbonyl (C=O) groups is 1. The number of H-pyrrole nitrogens is 1. The lowest BCUT2D eigenvalue weighted by Crippen LogP contribution is -2.14. The van der Waals surface area contributed by atoms with Crippen LogP contribution in [0.4, 0.5) is 0 Å². The van der Waals surface area contributed by atoms with Gasteiger partial charge < -0.3 is 5.73 Å². The highest BCUT2D eigenvalue weighted by atomic mass is 16.1. The Hall–Kier alpha value is -3.54. The summed E-state index contributed by atoms with van der Waals surface area (Å²) in [6.07, 6.45) is 1.76. The van der Waals surface area contributed by atoms with E-state index in [1.807, 2.05) is 49.4 Å². The Morgan fingerprint density at radius 2 is 1.88 bits per heavy atom. The Labute approximate surface area is 143 Å². The van der Waals surface area contributed by atoms with Crippen molar-refractivity contribution in [3.05, 3.63) is 66.0 Å². The van der Waals surface area contributed by atoms with E-state index in [4.69, 9.17) is 5.73 Å². The number of rotatable bonds is 3. The largest absolute Gasteiger partial charge is 0.364 e. The second-order valence-electron chi connectivity index (χ2n) is 5.78. The Bertz CT molecular complexity index is 1090. The van der Waals surface area contributed by atoms with Crippen molar-refractivity contribution in [2.75, 3.05) is 0 Å². The molecule has 0 atom stereocenters. The summed E-state index contributed by atoms with van der Waals surface area (Å²) in [7, 11) is 0. The molecule has 1 amide bonds. The predicted octanol–water partition coefficient (Wildman–Crippen LogP) is 3.09. The van der Waals surface area contributed by atoms with E-state index in [2.05, 4.69) is 20.2 Å². The van der Waals surface area contributed by atoms with Crippen LogP contribution in [-0.2, 0) is 0 Å². The van der Waals surface area contributed by atoms with E-state index in [1.165, 1.54) is 0 Å². The van der Waals surface area contributed by atoms with Crippen molar-refractivity contribution < 1.29 is 4.79 Å². The lowest BCUT2D eigenvalue weighted by Gasteiger charge is -2.10. The Balaban J connectivity index is 2.01. The quantitative estimate of drug-likeness (QED) is 0.603. The van der Waals surface area contributed by atoms with Gasteiger partial charge in [0.15, 0.2) is 5.82 Å². The smallest absolute Gasteiger partial charge is 0.267 e. The molecule has 2 aromatic heterocycles. The number of aromatic amines is 1. The van der Waals surface area contributed by atoms with E-state index in [0.717, 1.165) is 27.6 Å². The van der Waals surface area contributed by atoms with Crippen molar-refractivity contribution in [2.24, 2.45) is 5.73 Å². The van der Waals surface area contributed by atoms with Crippen molar-refractivity contribution >= 4 is 16.8 Å². The van der Waals surface area contributed by atoms with Gasteiger partial charge in [0.1, 0.15) is 5.69 Å². The van der Waals surface area contributed by atoms with Gasteiger partial charge in [-0.1, -0.05) is 36.4 Å². The van der Waals surface area contributed by atoms with Crippen LogP contribution < -0.4 is 5.73 Å². The standard InChI is InChI=1S/C19H15N5O/c1-11-7-8-14-13(10-21-24-14)17(11)15-9-16(18(20)25)23-19(22-15)12-5-3-2-4-6-12/h2-10H,1H3,(H2,20,25)(H,21,24). The Kier molecular flexibility index (Phi) is 3.50. The molecule has 2 heterocycles. The summed E-state index contributed by atoms with van der Waals surface area (Å²) < 4.78 is 0. The molecule has 122 valence electrons. The number of nitrogens with zero attached hydrogens (tertiary/aromatic N) is 3. The molecule has 25 heavy (non-hydrogen) atoms. The van der Waals surface area contributed by atoms with Crippen LogP contribution >= 0.6 is 0 Å². The van der Waals surface area contributed by atoms with Crippen LogP contribution in [0.2, 0.25) is 0 Å². The molecule has 2 aromatic carbocycles. The number of carbonyl (C=O) groups excluding carboxylic acids is 1. The van der Waals surface area contributed by atoms with Crippen molar-refractivity contribution in [3.8, 4) is 22.6 Å². The van der Waals surface area contributed by atoms with E-state index in [1.54, 1.807) is 12.3 Å². The molecule has 6 nitrogen and oxygen atoms in total. The number of amides is 1. The van der Waals surface area contributed by atoms with Crippen LogP contribution in [0.3, 0.4) is 0 Å². The van der Waals surface area contributed by atoms with Gasteiger partial charge in [-0.05, 0) is 24.6 Å². The number of hydrogen-bond donors (Lipinski definition) is 2. The fourth-order valence-electron chi connectivity index (χ4n) is 2.88. The van der Waals surface area contributed by atoms with Gasteiger partial charge in [0.2, 0.25) is 0 Å². The van der Waals surface area contributed by atoms with Crippen LogP contribution in [0.25, 0.3) is 33.5 Å². The molecule has 4 rings (SSSR count). The molecule has 6 heteroatoms. The van der Waals surface area contributed by atoms with Gasteiger partial charge in [0.05, 0.1) is 17.4 Å². The third-order valence-electron chi connectivity index (χ3n) is 4.10. The molecule has 0 unspecified atom stereocenters. The summed E-state index contributed by atoms with van der Waals surface area (Å²) in [6.45, 7) is 2.00. The van der Waals surface area contributed by atoms with E-state index < -0.39 is 5.91 Å². The number of nitrogens with one attached hydrogen (secondary N) is 1. The van der Waals surface area contributed by atoms with Crippen LogP contribution in [0, 0.1) is 6.92 Å². The number of fused-ring (bicyclic) bond motifs is 1. The van der Waals surface area contributed by atoms with Gasteiger partial charge in [-0.3, -0.25) is 9.89 Å². The van der Waals surface area contributed by atoms with Gasteiger partial charge in [0.25, 0.3) is 5.91 Å². The zero-order chi connectivity index (χ0) is 17.4. The zero-order valence-electron chi connectivity index (χ0n) is 13.5. The monoisotopic (exact) mass is 329 g/mol. The highest BCUT2D eigenvalue weighted by molar-refractivity contribution is 5.97. The highest BCUT2D eigenvalue weighted by Gasteiger charge is 2.16. The molecule has 4 aromatic rings. The second-order valence-corrected chi connectivity index (χ2v) is 5.78. The molecule has 0 bridgehead atoms. The first kappa shape index (κ1) is 15.0. The van der Waals surface area contributed by atoms with Crippen LogP contribution in [-0.4, -0.2) is 26.1 Å². The SMILES string of the molecule is Cc1ccc2[nH]ncc2c1-c1cc(C(N)=O)nc(-c2ccccc2)n1. The summed E-state index contributed by atoms with van der Waals surface area (Å²) in [5, 5.41) is 8.00. The normalized spacial score (nSPS) is 10.9. The maximum Gasteiger partial charge on any atom is 0.267 e. The number of benzene rings is 2. The second kappa shape index (κ2) is 5.83. The number of hydrogen-bond acceptors (Lipinski definition) is 4. The van der Waals surface area contributed by atoms with E-state index in [0.29, 0.717) is 11.5 Å². The number of aromatic nitrogens is 4. The Morgan fingerprint density at radius 3 is 2.64 bits per heavy atom. The van der Waals surface area contributed by atoms with E-state index >= 15 is 0 Å². The molecule has 0 radical (unpaired) electrons. The lowest BCUT2D eigenvalue weighted by atomic mass is 10.0. The minimum Gasteiger partial charge on any atom is -0.364 e. The third kappa shape index (κ3) is 2.63. The first-order chi connectivity index (χ1) is 12.1. The van der Waals surface area contributed by atoms with E-state index in [-0.39, 0.29) is 5.69 Å². The van der Waals surface area contributed by atoms with Gasteiger partial charge in [-0.15, -0.1) is 0 Å². The maximum absolute atomic E-state index is 11.8. The van der Waals surface area contributed by atoms with Gasteiger partial charge >= 0.3 is 0 Å². The first-order valence-corrected chi connectivity index (χ1v) is 7.81. The Morgan fingerprint density at radius 1 is 1.08 bits per heavy atom. The predicted molar refractivity (Wildman–Crippen MR) is 95.8 cm³/mol. The number of primary amides is 1. The molecule has 0 fully saturated rings. The fourth-order valence-corrected chi connectivity index (χ4v) is 2.88. The van der Waals surface area contributed by atoms with Crippen molar-refractivity contribution in [1.29, 1.82) is 0 Å². The summed E-state index contributed by atoms with van der Waals surface area (Å²) in [4.78, 5) is 20.8. The average Bonchev–Trinajstić information content (AvgIpc) is 3.10. The number of aryl methyl sites for hydroxylation is 1. The zero-order valence-corrected chi connectivity index (χ0v) is 13.5. The summed E-state index contributed by atoms with van der Waals surface area (Å²) in [5.41, 5.74) is 9.99. The van der Waals surface area contributed by atoms with Crippen LogP contribution in [0.1, 0.15) is 16.1 Å². The van der Waals surface area contributed by atoms with Gasteiger partial charge in [-0.25, -0.2) is 9.97 Å². The summed E-state index contributed by atoms with van der Waals surface area (Å²) in [5.74, 6) is -0.121. The van der Waals surface area contributed by atoms with E-state index in [9.17, 15) is 4.79 Å². The molecular weight excluding hydrogens is 314 g/mol. The number of nitrogens with two attached hydrogens (primary N) is 1. The molecular formula is C19H15N5O. The van der Waals surface area contributed by atoms with Crippen LogP contribution in [0.5, 0.6) is 0 Å². The van der Waals surface area contributed by atoms with Crippen molar-refractivity contribution in [3.63, 3.8) is 0 Å². The lowest BCUT2D eigenvalue weighted by molar-refractivity contribution is 0.0995. The fraction of sp³-hybridized carbons (Fsp3) is 0.0526. The van der Waals surface area contributed by atoms with Gasteiger partial charge in [0, 0.05) is 16.5 Å². The molecule has 0 saturated heterocycles.